The number of carbonyl (C=O) groups is 1. The topological polar surface area (TPSA) is 54.0 Å². The van der Waals surface area contributed by atoms with Crippen molar-refractivity contribution in [2.45, 2.75) is 31.7 Å². The Morgan fingerprint density at radius 2 is 2.44 bits per heavy atom. The summed E-state index contributed by atoms with van der Waals surface area (Å²) >= 11 is 0. The molecule has 1 aliphatic heterocycles. The van der Waals surface area contributed by atoms with E-state index < -0.39 is 5.54 Å². The molecule has 0 aromatic carbocycles. The van der Waals surface area contributed by atoms with Crippen LogP contribution in [-0.4, -0.2) is 23.0 Å². The van der Waals surface area contributed by atoms with Crippen molar-refractivity contribution < 1.29 is 4.79 Å². The van der Waals surface area contributed by atoms with Gasteiger partial charge in [0.05, 0.1) is 17.4 Å². The van der Waals surface area contributed by atoms with Gasteiger partial charge in [0.25, 0.3) is 0 Å². The van der Waals surface area contributed by atoms with Gasteiger partial charge in [0.2, 0.25) is 5.91 Å². The average molecular weight is 219 g/mol. The Bertz CT molecular complexity index is 358. The molecule has 1 unspecified atom stereocenters. The molecule has 0 saturated carbocycles. The summed E-state index contributed by atoms with van der Waals surface area (Å²) in [6.45, 7) is 2.87. The maximum Gasteiger partial charge on any atom is 0.244 e. The molecule has 2 rings (SSSR count). The molecule has 86 valence electrons. The quantitative estimate of drug-likeness (QED) is 0.793. The number of hydrogen-bond donors (Lipinski definition) is 2. The second kappa shape index (κ2) is 4.61. The molecule has 0 aliphatic carbocycles. The lowest BCUT2D eigenvalue weighted by atomic mass is 9.90. The Balaban J connectivity index is 2.02. The van der Waals surface area contributed by atoms with E-state index in [2.05, 4.69) is 15.6 Å². The molecule has 0 radical (unpaired) electrons. The lowest BCUT2D eigenvalue weighted by Crippen LogP contribution is -2.54. The minimum atomic E-state index is -0.436. The van der Waals surface area contributed by atoms with Gasteiger partial charge in [0.15, 0.2) is 0 Å². The summed E-state index contributed by atoms with van der Waals surface area (Å²) < 4.78 is 0. The van der Waals surface area contributed by atoms with Crippen molar-refractivity contribution in [2.75, 3.05) is 11.9 Å². The highest BCUT2D eigenvalue weighted by Gasteiger charge is 2.34. The highest BCUT2D eigenvalue weighted by Crippen LogP contribution is 2.20. The number of anilines is 1. The first-order valence-corrected chi connectivity index (χ1v) is 5.67. The monoisotopic (exact) mass is 219 g/mol. The normalized spacial score (nSPS) is 25.1. The Morgan fingerprint density at radius 1 is 1.56 bits per heavy atom. The SMILES string of the molecule is CC1(C(=O)Nc2cccnc2)CCCCN1. The Morgan fingerprint density at radius 3 is 3.06 bits per heavy atom. The van der Waals surface area contributed by atoms with Crippen LogP contribution in [0.3, 0.4) is 0 Å². The van der Waals surface area contributed by atoms with E-state index in [4.69, 9.17) is 0 Å². The zero-order chi connectivity index (χ0) is 11.4. The van der Waals surface area contributed by atoms with Crippen LogP contribution < -0.4 is 10.6 Å². The lowest BCUT2D eigenvalue weighted by molar-refractivity contribution is -0.122. The van der Waals surface area contributed by atoms with E-state index in [0.717, 1.165) is 31.5 Å². The fourth-order valence-corrected chi connectivity index (χ4v) is 1.96. The third kappa shape index (κ3) is 2.39. The number of rotatable bonds is 2. The van der Waals surface area contributed by atoms with Crippen LogP contribution in [0.25, 0.3) is 0 Å². The van der Waals surface area contributed by atoms with Gasteiger partial charge in [0, 0.05) is 6.20 Å². The van der Waals surface area contributed by atoms with Gasteiger partial charge in [0.1, 0.15) is 0 Å². The molecule has 1 aromatic heterocycles. The number of nitrogens with one attached hydrogen (secondary N) is 2. The molecule has 2 N–H and O–H groups in total. The molecule has 4 nitrogen and oxygen atoms in total. The standard InChI is InChI=1S/C12H17N3O/c1-12(6-2-3-8-14-12)11(16)15-10-5-4-7-13-9-10/h4-5,7,9,14H,2-3,6,8H2,1H3,(H,15,16). The second-order valence-electron chi connectivity index (χ2n) is 4.41. The predicted molar refractivity (Wildman–Crippen MR) is 63.1 cm³/mol. The molecule has 0 spiro atoms. The van der Waals surface area contributed by atoms with E-state index in [1.807, 2.05) is 19.1 Å². The Hall–Kier alpha value is -1.42. The number of hydrogen-bond acceptors (Lipinski definition) is 3. The van der Waals surface area contributed by atoms with Crippen molar-refractivity contribution in [1.82, 2.24) is 10.3 Å². The van der Waals surface area contributed by atoms with Crippen LogP contribution in [0, 0.1) is 0 Å². The number of amides is 1. The average Bonchev–Trinajstić information content (AvgIpc) is 2.31. The van der Waals surface area contributed by atoms with Crippen molar-refractivity contribution in [1.29, 1.82) is 0 Å². The van der Waals surface area contributed by atoms with E-state index >= 15 is 0 Å². The van der Waals surface area contributed by atoms with Crippen molar-refractivity contribution in [3.05, 3.63) is 24.5 Å². The van der Waals surface area contributed by atoms with Crippen LogP contribution in [0.5, 0.6) is 0 Å². The van der Waals surface area contributed by atoms with Gasteiger partial charge in [-0.3, -0.25) is 9.78 Å². The molecule has 1 atom stereocenters. The maximum atomic E-state index is 12.1. The molecular formula is C12H17N3O. The first kappa shape index (κ1) is 11.1. The van der Waals surface area contributed by atoms with Crippen LogP contribution in [0.1, 0.15) is 26.2 Å². The molecule has 0 bridgehead atoms. The fourth-order valence-electron chi connectivity index (χ4n) is 1.96. The van der Waals surface area contributed by atoms with E-state index in [1.54, 1.807) is 12.4 Å². The molecule has 1 amide bonds. The second-order valence-corrected chi connectivity index (χ2v) is 4.41. The molecule has 1 aromatic rings. The molecular weight excluding hydrogens is 202 g/mol. The molecule has 4 heteroatoms. The summed E-state index contributed by atoms with van der Waals surface area (Å²) in [7, 11) is 0. The van der Waals surface area contributed by atoms with Gasteiger partial charge >= 0.3 is 0 Å². The third-order valence-electron chi connectivity index (χ3n) is 3.04. The number of aromatic nitrogens is 1. The third-order valence-corrected chi connectivity index (χ3v) is 3.04. The molecule has 2 heterocycles. The van der Waals surface area contributed by atoms with Crippen molar-refractivity contribution in [3.8, 4) is 0 Å². The summed E-state index contributed by atoms with van der Waals surface area (Å²) in [4.78, 5) is 16.1. The summed E-state index contributed by atoms with van der Waals surface area (Å²) in [5.41, 5.74) is 0.315. The summed E-state index contributed by atoms with van der Waals surface area (Å²) in [5.74, 6) is 0.0280. The van der Waals surface area contributed by atoms with Crippen molar-refractivity contribution >= 4 is 11.6 Å². The number of nitrogens with zero attached hydrogens (tertiary/aromatic N) is 1. The first-order chi connectivity index (χ1) is 7.71. The number of pyridine rings is 1. The molecule has 16 heavy (non-hydrogen) atoms. The van der Waals surface area contributed by atoms with Crippen molar-refractivity contribution in [2.24, 2.45) is 0 Å². The van der Waals surface area contributed by atoms with Crippen LogP contribution in [0.4, 0.5) is 5.69 Å². The number of carbonyl (C=O) groups excluding carboxylic acids is 1. The number of piperidine rings is 1. The van der Waals surface area contributed by atoms with Crippen LogP contribution in [0.15, 0.2) is 24.5 Å². The zero-order valence-corrected chi connectivity index (χ0v) is 9.49. The Kier molecular flexibility index (Phi) is 3.19. The minimum absolute atomic E-state index is 0.0280. The van der Waals surface area contributed by atoms with E-state index in [0.29, 0.717) is 0 Å². The fraction of sp³-hybridized carbons (Fsp3) is 0.500. The minimum Gasteiger partial charge on any atom is -0.323 e. The zero-order valence-electron chi connectivity index (χ0n) is 9.49. The summed E-state index contributed by atoms with van der Waals surface area (Å²) in [6, 6.07) is 3.66. The van der Waals surface area contributed by atoms with Crippen LogP contribution in [-0.2, 0) is 4.79 Å². The maximum absolute atomic E-state index is 12.1. The lowest BCUT2D eigenvalue weighted by Gasteiger charge is -2.33. The largest absolute Gasteiger partial charge is 0.323 e. The van der Waals surface area contributed by atoms with Gasteiger partial charge in [-0.05, 0) is 44.9 Å². The van der Waals surface area contributed by atoms with E-state index in [9.17, 15) is 4.79 Å². The summed E-state index contributed by atoms with van der Waals surface area (Å²) in [5, 5.41) is 6.17. The molecule has 1 saturated heterocycles. The summed E-state index contributed by atoms with van der Waals surface area (Å²) in [6.07, 6.45) is 6.49. The highest BCUT2D eigenvalue weighted by molar-refractivity contribution is 5.97. The van der Waals surface area contributed by atoms with Crippen LogP contribution in [0.2, 0.25) is 0 Å². The molecule has 1 fully saturated rings. The molecule has 1 aliphatic rings. The highest BCUT2D eigenvalue weighted by atomic mass is 16.2. The van der Waals surface area contributed by atoms with Gasteiger partial charge in [-0.25, -0.2) is 0 Å². The smallest absolute Gasteiger partial charge is 0.244 e. The van der Waals surface area contributed by atoms with Gasteiger partial charge in [-0.15, -0.1) is 0 Å². The van der Waals surface area contributed by atoms with Gasteiger partial charge in [-0.1, -0.05) is 0 Å². The van der Waals surface area contributed by atoms with Gasteiger partial charge in [-0.2, -0.15) is 0 Å². The van der Waals surface area contributed by atoms with E-state index in [1.165, 1.54) is 0 Å². The first-order valence-electron chi connectivity index (χ1n) is 5.67. The van der Waals surface area contributed by atoms with E-state index in [-0.39, 0.29) is 5.91 Å². The Labute approximate surface area is 95.5 Å². The predicted octanol–water partition coefficient (Wildman–Crippen LogP) is 1.55. The van der Waals surface area contributed by atoms with Gasteiger partial charge < -0.3 is 10.6 Å². The van der Waals surface area contributed by atoms with Crippen molar-refractivity contribution in [3.63, 3.8) is 0 Å². The van der Waals surface area contributed by atoms with Crippen LogP contribution >= 0.6 is 0 Å².